The van der Waals surface area contributed by atoms with Crippen LogP contribution in [0.5, 0.6) is 0 Å². The van der Waals surface area contributed by atoms with Crippen LogP contribution in [0.3, 0.4) is 0 Å². The van der Waals surface area contributed by atoms with Gasteiger partial charge in [0.25, 0.3) is 0 Å². The highest BCUT2D eigenvalue weighted by Gasteiger charge is 2.29. The van der Waals surface area contributed by atoms with Crippen molar-refractivity contribution in [3.8, 4) is 0 Å². The zero-order valence-corrected chi connectivity index (χ0v) is 12.2. The molecule has 4 nitrogen and oxygen atoms in total. The van der Waals surface area contributed by atoms with E-state index in [0.29, 0.717) is 19.6 Å². The quantitative estimate of drug-likeness (QED) is 0.820. The SMILES string of the molecule is CCC(C)(C)C(=O)N(CCCN)Cc1cccnc1. The first-order valence-corrected chi connectivity index (χ1v) is 6.89. The molecule has 0 bridgehead atoms. The Balaban J connectivity index is 2.80. The number of rotatable bonds is 7. The van der Waals surface area contributed by atoms with Crippen LogP contribution < -0.4 is 5.73 Å². The van der Waals surface area contributed by atoms with Gasteiger partial charge >= 0.3 is 0 Å². The third kappa shape index (κ3) is 4.63. The molecule has 4 heteroatoms. The lowest BCUT2D eigenvalue weighted by Crippen LogP contribution is -2.41. The van der Waals surface area contributed by atoms with E-state index in [1.165, 1.54) is 0 Å². The second-order valence-corrected chi connectivity index (χ2v) is 5.47. The molecule has 1 aromatic rings. The van der Waals surface area contributed by atoms with Crippen LogP contribution in [0, 0.1) is 5.41 Å². The van der Waals surface area contributed by atoms with Crippen molar-refractivity contribution in [3.05, 3.63) is 30.1 Å². The molecule has 0 unspecified atom stereocenters. The van der Waals surface area contributed by atoms with Crippen LogP contribution in [0.1, 0.15) is 39.2 Å². The van der Waals surface area contributed by atoms with E-state index in [0.717, 1.165) is 18.4 Å². The highest BCUT2D eigenvalue weighted by molar-refractivity contribution is 5.81. The minimum atomic E-state index is -0.323. The van der Waals surface area contributed by atoms with Gasteiger partial charge in [-0.1, -0.05) is 26.8 Å². The molecule has 0 fully saturated rings. The summed E-state index contributed by atoms with van der Waals surface area (Å²) in [5.41, 5.74) is 6.29. The molecular weight excluding hydrogens is 238 g/mol. The lowest BCUT2D eigenvalue weighted by molar-refractivity contribution is -0.141. The first kappa shape index (κ1) is 15.6. The van der Waals surface area contributed by atoms with E-state index in [2.05, 4.69) is 4.98 Å². The van der Waals surface area contributed by atoms with Gasteiger partial charge in [0.05, 0.1) is 0 Å². The smallest absolute Gasteiger partial charge is 0.228 e. The minimum absolute atomic E-state index is 0.187. The number of carbonyl (C=O) groups excluding carboxylic acids is 1. The van der Waals surface area contributed by atoms with E-state index in [9.17, 15) is 4.79 Å². The molecule has 0 spiro atoms. The lowest BCUT2D eigenvalue weighted by Gasteiger charge is -2.31. The van der Waals surface area contributed by atoms with Crippen molar-refractivity contribution in [3.63, 3.8) is 0 Å². The monoisotopic (exact) mass is 263 g/mol. The molecule has 0 saturated heterocycles. The van der Waals surface area contributed by atoms with Gasteiger partial charge in [-0.3, -0.25) is 9.78 Å². The Bertz CT molecular complexity index is 390. The standard InChI is InChI=1S/C15H25N3O/c1-4-15(2,3)14(19)18(10-6-8-16)12-13-7-5-9-17-11-13/h5,7,9,11H,4,6,8,10,12,16H2,1-3H3. The average Bonchev–Trinajstić information content (AvgIpc) is 2.43. The van der Waals surface area contributed by atoms with Crippen LogP contribution >= 0.6 is 0 Å². The maximum Gasteiger partial charge on any atom is 0.228 e. The van der Waals surface area contributed by atoms with Crippen LogP contribution in [0.15, 0.2) is 24.5 Å². The number of pyridine rings is 1. The van der Waals surface area contributed by atoms with Crippen molar-refractivity contribution in [2.24, 2.45) is 11.1 Å². The van der Waals surface area contributed by atoms with Crippen LogP contribution in [0.25, 0.3) is 0 Å². The van der Waals surface area contributed by atoms with E-state index < -0.39 is 0 Å². The number of nitrogens with zero attached hydrogens (tertiary/aromatic N) is 2. The van der Waals surface area contributed by atoms with Gasteiger partial charge in [-0.05, 0) is 31.0 Å². The van der Waals surface area contributed by atoms with Gasteiger partial charge < -0.3 is 10.6 Å². The highest BCUT2D eigenvalue weighted by atomic mass is 16.2. The van der Waals surface area contributed by atoms with Gasteiger partial charge in [-0.25, -0.2) is 0 Å². The summed E-state index contributed by atoms with van der Waals surface area (Å²) in [6, 6.07) is 3.89. The molecule has 0 aliphatic rings. The number of nitrogens with two attached hydrogens (primary N) is 1. The van der Waals surface area contributed by atoms with E-state index in [-0.39, 0.29) is 11.3 Å². The Morgan fingerprint density at radius 3 is 2.74 bits per heavy atom. The maximum absolute atomic E-state index is 12.6. The zero-order chi connectivity index (χ0) is 14.3. The molecule has 0 radical (unpaired) electrons. The van der Waals surface area contributed by atoms with Gasteiger partial charge in [-0.15, -0.1) is 0 Å². The maximum atomic E-state index is 12.6. The van der Waals surface area contributed by atoms with Crippen molar-refractivity contribution in [2.45, 2.75) is 40.2 Å². The topological polar surface area (TPSA) is 59.2 Å². The van der Waals surface area contributed by atoms with Crippen LogP contribution in [-0.2, 0) is 11.3 Å². The molecule has 1 heterocycles. The van der Waals surface area contributed by atoms with E-state index in [4.69, 9.17) is 5.73 Å². The predicted octanol–water partition coefficient (Wildman–Crippen LogP) is 2.20. The Morgan fingerprint density at radius 1 is 1.47 bits per heavy atom. The summed E-state index contributed by atoms with van der Waals surface area (Å²) in [5, 5.41) is 0. The zero-order valence-electron chi connectivity index (χ0n) is 12.2. The number of hydrogen-bond donors (Lipinski definition) is 1. The predicted molar refractivity (Wildman–Crippen MR) is 77.4 cm³/mol. The summed E-state index contributed by atoms with van der Waals surface area (Å²) in [4.78, 5) is 18.6. The van der Waals surface area contributed by atoms with Crippen LogP contribution in [-0.4, -0.2) is 28.9 Å². The summed E-state index contributed by atoms with van der Waals surface area (Å²) in [5.74, 6) is 0.187. The number of carbonyl (C=O) groups is 1. The first-order valence-electron chi connectivity index (χ1n) is 6.89. The van der Waals surface area contributed by atoms with Crippen molar-refractivity contribution in [1.29, 1.82) is 0 Å². The fourth-order valence-corrected chi connectivity index (χ4v) is 1.83. The summed E-state index contributed by atoms with van der Waals surface area (Å²) in [6.07, 6.45) is 5.21. The Labute approximate surface area is 116 Å². The summed E-state index contributed by atoms with van der Waals surface area (Å²) >= 11 is 0. The molecule has 0 aromatic carbocycles. The lowest BCUT2D eigenvalue weighted by atomic mass is 9.88. The summed E-state index contributed by atoms with van der Waals surface area (Å²) < 4.78 is 0. The largest absolute Gasteiger partial charge is 0.338 e. The van der Waals surface area contributed by atoms with E-state index in [1.807, 2.05) is 44.0 Å². The molecule has 1 amide bonds. The normalized spacial score (nSPS) is 11.4. The minimum Gasteiger partial charge on any atom is -0.338 e. The van der Waals surface area contributed by atoms with Crippen molar-refractivity contribution < 1.29 is 4.79 Å². The van der Waals surface area contributed by atoms with Crippen molar-refractivity contribution in [2.75, 3.05) is 13.1 Å². The first-order chi connectivity index (χ1) is 9.01. The average molecular weight is 263 g/mol. The third-order valence-electron chi connectivity index (χ3n) is 3.48. The van der Waals surface area contributed by atoms with Gasteiger partial charge in [0, 0.05) is 30.9 Å². The molecule has 1 rings (SSSR count). The Morgan fingerprint density at radius 2 is 2.21 bits per heavy atom. The summed E-state index contributed by atoms with van der Waals surface area (Å²) in [6.45, 7) is 7.94. The van der Waals surface area contributed by atoms with Gasteiger partial charge in [0.2, 0.25) is 5.91 Å². The van der Waals surface area contributed by atoms with E-state index >= 15 is 0 Å². The fraction of sp³-hybridized carbons (Fsp3) is 0.600. The van der Waals surface area contributed by atoms with Gasteiger partial charge in [0.1, 0.15) is 0 Å². The van der Waals surface area contributed by atoms with Crippen molar-refractivity contribution in [1.82, 2.24) is 9.88 Å². The molecule has 106 valence electrons. The molecule has 0 saturated carbocycles. The molecule has 0 atom stereocenters. The Kier molecular flexibility index (Phi) is 5.96. The Hall–Kier alpha value is -1.42. The molecule has 1 aromatic heterocycles. The number of aromatic nitrogens is 1. The summed E-state index contributed by atoms with van der Waals surface area (Å²) in [7, 11) is 0. The van der Waals surface area contributed by atoms with Crippen molar-refractivity contribution >= 4 is 5.91 Å². The van der Waals surface area contributed by atoms with Gasteiger partial charge in [-0.2, -0.15) is 0 Å². The van der Waals surface area contributed by atoms with Gasteiger partial charge in [0.15, 0.2) is 0 Å². The molecule has 2 N–H and O–H groups in total. The second kappa shape index (κ2) is 7.24. The van der Waals surface area contributed by atoms with Crippen LogP contribution in [0.4, 0.5) is 0 Å². The second-order valence-electron chi connectivity index (χ2n) is 5.47. The van der Waals surface area contributed by atoms with E-state index in [1.54, 1.807) is 6.20 Å². The third-order valence-corrected chi connectivity index (χ3v) is 3.48. The highest BCUT2D eigenvalue weighted by Crippen LogP contribution is 2.24. The number of amides is 1. The van der Waals surface area contributed by atoms with Crippen LogP contribution in [0.2, 0.25) is 0 Å². The fourth-order valence-electron chi connectivity index (χ4n) is 1.83. The molecule has 0 aliphatic carbocycles. The molecular formula is C15H25N3O. The number of hydrogen-bond acceptors (Lipinski definition) is 3. The molecule has 19 heavy (non-hydrogen) atoms. The molecule has 0 aliphatic heterocycles.